The predicted octanol–water partition coefficient (Wildman–Crippen LogP) is 4.15. The molecule has 0 spiro atoms. The number of nitrogens with two attached hydrogens (primary N) is 1. The lowest BCUT2D eigenvalue weighted by molar-refractivity contribution is -0.120. The van der Waals surface area contributed by atoms with Crippen LogP contribution in [-0.2, 0) is 4.79 Å². The Balaban J connectivity index is 1.51. The van der Waals surface area contributed by atoms with Crippen molar-refractivity contribution in [3.63, 3.8) is 0 Å². The topological polar surface area (TPSA) is 120 Å². The number of carbonyl (C=O) groups excluding carboxylic acids is 1. The van der Waals surface area contributed by atoms with Crippen LogP contribution in [0, 0.1) is 11.7 Å². The second-order valence-electron chi connectivity index (χ2n) is 9.79. The Labute approximate surface area is 226 Å². The zero-order valence-electron chi connectivity index (χ0n) is 22.6. The molecule has 3 N–H and O–H groups in total. The van der Waals surface area contributed by atoms with E-state index in [0.29, 0.717) is 52.0 Å². The molecule has 2 heterocycles. The molecule has 206 valence electrons. The molecule has 0 aliphatic heterocycles. The van der Waals surface area contributed by atoms with Crippen molar-refractivity contribution in [1.82, 2.24) is 24.6 Å². The minimum absolute atomic E-state index is 0.397. The Morgan fingerprint density at radius 3 is 2.74 bits per heavy atom. The van der Waals surface area contributed by atoms with Gasteiger partial charge in [-0.1, -0.05) is 26.0 Å². The summed E-state index contributed by atoms with van der Waals surface area (Å²) >= 11 is 0. The van der Waals surface area contributed by atoms with Crippen molar-refractivity contribution >= 4 is 28.3 Å². The molecule has 1 amide bonds. The van der Waals surface area contributed by atoms with Gasteiger partial charge >= 0.3 is 0 Å². The van der Waals surface area contributed by atoms with Crippen LogP contribution < -0.4 is 20.5 Å². The molecule has 4 rings (SSSR count). The number of fused-ring (bicyclic) bond motifs is 1. The van der Waals surface area contributed by atoms with Crippen LogP contribution >= 0.6 is 0 Å². The molecular formula is C28H34FN7O3. The van der Waals surface area contributed by atoms with Crippen LogP contribution in [0.5, 0.6) is 11.5 Å². The van der Waals surface area contributed by atoms with Gasteiger partial charge in [-0.2, -0.15) is 5.10 Å². The Bertz CT molecular complexity index is 1430. The molecule has 0 saturated heterocycles. The van der Waals surface area contributed by atoms with E-state index in [1.807, 2.05) is 12.1 Å². The number of rotatable bonds is 13. The first kappa shape index (κ1) is 27.8. The highest BCUT2D eigenvalue weighted by Gasteiger charge is 2.22. The summed E-state index contributed by atoms with van der Waals surface area (Å²) in [5.74, 6) is 1.17. The van der Waals surface area contributed by atoms with E-state index < -0.39 is 17.8 Å². The number of halogens is 1. The first-order chi connectivity index (χ1) is 18.7. The molecule has 1 unspecified atom stereocenters. The van der Waals surface area contributed by atoms with E-state index >= 15 is 0 Å². The number of primary amides is 1. The van der Waals surface area contributed by atoms with Crippen LogP contribution in [0.3, 0.4) is 0 Å². The Morgan fingerprint density at radius 2 is 2.03 bits per heavy atom. The van der Waals surface area contributed by atoms with E-state index in [4.69, 9.17) is 15.2 Å². The fourth-order valence-corrected chi connectivity index (χ4v) is 4.47. The van der Waals surface area contributed by atoms with Gasteiger partial charge in [0.05, 0.1) is 31.1 Å². The number of hydrogen-bond donors (Lipinski definition) is 2. The van der Waals surface area contributed by atoms with Crippen molar-refractivity contribution in [2.45, 2.75) is 26.3 Å². The van der Waals surface area contributed by atoms with Crippen LogP contribution in [0.4, 0.5) is 15.9 Å². The van der Waals surface area contributed by atoms with Gasteiger partial charge < -0.3 is 25.4 Å². The standard InChI is InChI=1S/C28H34FN7O3/c1-18(2)15-35(3)9-6-10-39-25-13-23-22(12-24(25)38-4)28(32-17-31-23)34-21-14-33-36(16-21)26(27(30)37)19-7-5-8-20(29)11-19/h5,7-8,11-14,16-18,26H,6,9-10,15H2,1-4H3,(H2,30,37)(H,31,32,34). The van der Waals surface area contributed by atoms with Crippen molar-refractivity contribution in [3.05, 3.63) is 66.5 Å². The summed E-state index contributed by atoms with van der Waals surface area (Å²) < 4.78 is 26.8. The number of ether oxygens (including phenoxy) is 2. The molecule has 0 aliphatic rings. The molecule has 0 fully saturated rings. The van der Waals surface area contributed by atoms with E-state index in [2.05, 4.69) is 46.2 Å². The number of nitrogens with zero attached hydrogens (tertiary/aromatic N) is 5. The molecular weight excluding hydrogens is 501 g/mol. The fourth-order valence-electron chi connectivity index (χ4n) is 4.47. The molecule has 0 radical (unpaired) electrons. The van der Waals surface area contributed by atoms with Crippen molar-refractivity contribution in [3.8, 4) is 11.5 Å². The number of methoxy groups -OCH3 is 1. The van der Waals surface area contributed by atoms with E-state index in [0.717, 1.165) is 19.5 Å². The minimum atomic E-state index is -0.969. The summed E-state index contributed by atoms with van der Waals surface area (Å²) in [6, 6.07) is 8.39. The summed E-state index contributed by atoms with van der Waals surface area (Å²) in [6.07, 6.45) is 5.48. The molecule has 0 saturated carbocycles. The molecule has 39 heavy (non-hydrogen) atoms. The molecule has 11 heteroatoms. The Kier molecular flexibility index (Phi) is 8.92. The van der Waals surface area contributed by atoms with E-state index in [-0.39, 0.29) is 0 Å². The van der Waals surface area contributed by atoms with E-state index in [1.165, 1.54) is 35.4 Å². The highest BCUT2D eigenvalue weighted by Crippen LogP contribution is 2.35. The number of anilines is 2. The molecule has 10 nitrogen and oxygen atoms in total. The molecule has 0 aliphatic carbocycles. The van der Waals surface area contributed by atoms with Gasteiger partial charge in [-0.05, 0) is 43.1 Å². The maximum atomic E-state index is 13.8. The third-order valence-electron chi connectivity index (χ3n) is 6.10. The summed E-state index contributed by atoms with van der Waals surface area (Å²) in [5.41, 5.74) is 7.24. The molecule has 1 atom stereocenters. The van der Waals surface area contributed by atoms with Crippen LogP contribution in [0.2, 0.25) is 0 Å². The van der Waals surface area contributed by atoms with Gasteiger partial charge in [0.25, 0.3) is 0 Å². The van der Waals surface area contributed by atoms with E-state index in [9.17, 15) is 9.18 Å². The zero-order valence-corrected chi connectivity index (χ0v) is 22.6. The predicted molar refractivity (Wildman–Crippen MR) is 148 cm³/mol. The lowest BCUT2D eigenvalue weighted by Gasteiger charge is -2.19. The summed E-state index contributed by atoms with van der Waals surface area (Å²) in [6.45, 7) is 6.93. The fraction of sp³-hybridized carbons (Fsp3) is 0.357. The van der Waals surface area contributed by atoms with Crippen LogP contribution in [0.15, 0.2) is 55.1 Å². The monoisotopic (exact) mass is 535 g/mol. The normalized spacial score (nSPS) is 12.2. The quantitative estimate of drug-likeness (QED) is 0.245. The van der Waals surface area contributed by atoms with Crippen LogP contribution in [0.25, 0.3) is 10.9 Å². The van der Waals surface area contributed by atoms with Crippen molar-refractivity contribution in [2.24, 2.45) is 11.7 Å². The number of aromatic nitrogens is 4. The molecule has 2 aromatic heterocycles. The van der Waals surface area contributed by atoms with Gasteiger partial charge in [0, 0.05) is 30.7 Å². The maximum Gasteiger partial charge on any atom is 0.246 e. The molecule has 4 aromatic rings. The average Bonchev–Trinajstić information content (AvgIpc) is 3.33. The Morgan fingerprint density at radius 1 is 1.21 bits per heavy atom. The van der Waals surface area contributed by atoms with Gasteiger partial charge in [-0.3, -0.25) is 9.48 Å². The van der Waals surface area contributed by atoms with Gasteiger partial charge in [-0.15, -0.1) is 0 Å². The third kappa shape index (κ3) is 6.99. The van der Waals surface area contributed by atoms with Crippen LogP contribution in [0.1, 0.15) is 31.9 Å². The number of amides is 1. The van der Waals surface area contributed by atoms with E-state index in [1.54, 1.807) is 19.4 Å². The highest BCUT2D eigenvalue weighted by molar-refractivity contribution is 5.93. The first-order valence-corrected chi connectivity index (χ1v) is 12.7. The Hall–Kier alpha value is -4.25. The number of benzene rings is 2. The lowest BCUT2D eigenvalue weighted by Crippen LogP contribution is -2.27. The van der Waals surface area contributed by atoms with Crippen molar-refractivity contribution in [1.29, 1.82) is 0 Å². The number of hydrogen-bond acceptors (Lipinski definition) is 8. The highest BCUT2D eigenvalue weighted by atomic mass is 19.1. The van der Waals surface area contributed by atoms with Gasteiger partial charge in [0.1, 0.15) is 18.0 Å². The minimum Gasteiger partial charge on any atom is -0.493 e. The van der Waals surface area contributed by atoms with Crippen molar-refractivity contribution in [2.75, 3.05) is 39.2 Å². The largest absolute Gasteiger partial charge is 0.493 e. The first-order valence-electron chi connectivity index (χ1n) is 12.7. The summed E-state index contributed by atoms with van der Waals surface area (Å²) in [4.78, 5) is 23.3. The lowest BCUT2D eigenvalue weighted by atomic mass is 10.1. The number of nitrogens with one attached hydrogen (secondary N) is 1. The zero-order chi connectivity index (χ0) is 27.9. The van der Waals surface area contributed by atoms with Gasteiger partial charge in [0.15, 0.2) is 17.5 Å². The summed E-state index contributed by atoms with van der Waals surface area (Å²) in [7, 11) is 3.70. The van der Waals surface area contributed by atoms with Crippen molar-refractivity contribution < 1.29 is 18.7 Å². The van der Waals surface area contributed by atoms with Gasteiger partial charge in [0.2, 0.25) is 5.91 Å². The average molecular weight is 536 g/mol. The smallest absolute Gasteiger partial charge is 0.246 e. The third-order valence-corrected chi connectivity index (χ3v) is 6.10. The molecule has 2 aromatic carbocycles. The maximum absolute atomic E-state index is 13.8. The summed E-state index contributed by atoms with van der Waals surface area (Å²) in [5, 5.41) is 8.20. The van der Waals surface area contributed by atoms with Crippen LogP contribution in [-0.4, -0.2) is 64.4 Å². The second-order valence-corrected chi connectivity index (χ2v) is 9.79. The number of carbonyl (C=O) groups is 1. The molecule has 0 bridgehead atoms. The SMILES string of the molecule is COc1cc2c(Nc3cnn(C(C(N)=O)c4cccc(F)c4)c3)ncnc2cc1OCCCN(C)CC(C)C. The second kappa shape index (κ2) is 12.5. The van der Waals surface area contributed by atoms with Gasteiger partial charge in [-0.25, -0.2) is 14.4 Å².